The van der Waals surface area contributed by atoms with E-state index in [2.05, 4.69) is 0 Å². The summed E-state index contributed by atoms with van der Waals surface area (Å²) < 4.78 is 0. The van der Waals surface area contributed by atoms with Crippen LogP contribution in [0.25, 0.3) is 6.08 Å². The number of Topliss-reactive ketones (excluding diaryl/α,β-unsaturated/α-hetero) is 2. The molecule has 31 heavy (non-hydrogen) atoms. The van der Waals surface area contributed by atoms with Crippen LogP contribution in [0.1, 0.15) is 39.1 Å². The second-order valence-corrected chi connectivity index (χ2v) is 7.26. The lowest BCUT2D eigenvalue weighted by Gasteiger charge is -2.29. The van der Waals surface area contributed by atoms with Crippen LogP contribution in [-0.4, -0.2) is 17.9 Å². The third-order valence-corrected chi connectivity index (χ3v) is 5.20. The van der Waals surface area contributed by atoms with E-state index in [0.29, 0.717) is 17.4 Å². The van der Waals surface area contributed by atoms with Gasteiger partial charge in [-0.3, -0.25) is 14.4 Å². The Balaban J connectivity index is 2.08. The van der Waals surface area contributed by atoms with Crippen molar-refractivity contribution in [2.45, 2.75) is 12.8 Å². The van der Waals surface area contributed by atoms with Crippen LogP contribution in [0.3, 0.4) is 0 Å². The van der Waals surface area contributed by atoms with Gasteiger partial charge in [-0.15, -0.1) is 0 Å². The third kappa shape index (κ3) is 5.40. The zero-order valence-electron chi connectivity index (χ0n) is 17.2. The zero-order chi connectivity index (χ0) is 21.9. The van der Waals surface area contributed by atoms with Crippen LogP contribution in [0.4, 0.5) is 0 Å². The van der Waals surface area contributed by atoms with Gasteiger partial charge in [0.2, 0.25) is 0 Å². The fourth-order valence-electron chi connectivity index (χ4n) is 3.57. The molecular weight excluding hydrogens is 384 g/mol. The Labute approximate surface area is 182 Å². The molecular formula is C28H24O3. The number of allylic oxidation sites excluding steroid dienone is 3. The first-order valence-electron chi connectivity index (χ1n) is 10.2. The highest BCUT2D eigenvalue weighted by Gasteiger charge is 2.44. The van der Waals surface area contributed by atoms with Gasteiger partial charge in [-0.25, -0.2) is 0 Å². The number of carbonyl (C=O) groups excluding carboxylic acids is 3. The van der Waals surface area contributed by atoms with E-state index in [9.17, 15) is 14.4 Å². The molecule has 0 fully saturated rings. The van der Waals surface area contributed by atoms with Crippen molar-refractivity contribution in [1.29, 1.82) is 0 Å². The van der Waals surface area contributed by atoms with Crippen LogP contribution in [0.15, 0.2) is 109 Å². The third-order valence-electron chi connectivity index (χ3n) is 5.20. The fourth-order valence-corrected chi connectivity index (χ4v) is 3.57. The van der Waals surface area contributed by atoms with Crippen LogP contribution in [0, 0.1) is 5.41 Å². The predicted molar refractivity (Wildman–Crippen MR) is 124 cm³/mol. The Morgan fingerprint density at radius 2 is 1.10 bits per heavy atom. The minimum absolute atomic E-state index is 0.131. The van der Waals surface area contributed by atoms with E-state index in [4.69, 9.17) is 0 Å². The lowest BCUT2D eigenvalue weighted by Crippen LogP contribution is -2.39. The number of hydrogen-bond donors (Lipinski definition) is 0. The number of aldehydes is 1. The summed E-state index contributed by atoms with van der Waals surface area (Å²) in [6.45, 7) is 0. The SMILES string of the molecule is O=C/C=C/CC(C/C=C/c1ccccc1)(C(=O)c1ccccc1)C(=O)c1ccccc1. The molecule has 154 valence electrons. The quantitative estimate of drug-likeness (QED) is 0.179. The summed E-state index contributed by atoms with van der Waals surface area (Å²) in [7, 11) is 0. The van der Waals surface area contributed by atoms with Gasteiger partial charge in [0.25, 0.3) is 0 Å². The molecule has 0 heterocycles. The summed E-state index contributed by atoms with van der Waals surface area (Å²) in [6, 6.07) is 27.4. The first kappa shape index (κ1) is 21.8. The molecule has 0 aliphatic rings. The highest BCUT2D eigenvalue weighted by atomic mass is 16.2. The van der Waals surface area contributed by atoms with E-state index in [1.807, 2.05) is 54.6 Å². The van der Waals surface area contributed by atoms with E-state index in [1.165, 1.54) is 6.08 Å². The highest BCUT2D eigenvalue weighted by Crippen LogP contribution is 2.36. The average Bonchev–Trinajstić information content (AvgIpc) is 2.84. The summed E-state index contributed by atoms with van der Waals surface area (Å²) in [5.41, 5.74) is 0.575. The first-order valence-corrected chi connectivity index (χ1v) is 10.2. The van der Waals surface area contributed by atoms with Crippen LogP contribution in [-0.2, 0) is 4.79 Å². The lowest BCUT2D eigenvalue weighted by molar-refractivity contribution is -0.104. The number of rotatable bonds is 10. The Hall–Kier alpha value is -3.85. The van der Waals surface area contributed by atoms with Crippen molar-refractivity contribution in [2.24, 2.45) is 5.41 Å². The number of benzene rings is 3. The summed E-state index contributed by atoms with van der Waals surface area (Å²) >= 11 is 0. The predicted octanol–water partition coefficient (Wildman–Crippen LogP) is 5.99. The molecule has 0 aliphatic heterocycles. The number of ketones is 2. The molecule has 3 rings (SSSR count). The Morgan fingerprint density at radius 3 is 1.58 bits per heavy atom. The second-order valence-electron chi connectivity index (χ2n) is 7.26. The molecule has 3 aromatic rings. The van der Waals surface area contributed by atoms with Crippen molar-refractivity contribution in [3.8, 4) is 0 Å². The minimum atomic E-state index is -1.35. The molecule has 0 atom stereocenters. The van der Waals surface area contributed by atoms with Gasteiger partial charge < -0.3 is 0 Å². The molecule has 0 saturated carbocycles. The number of carbonyl (C=O) groups is 3. The van der Waals surface area contributed by atoms with E-state index in [1.54, 1.807) is 54.6 Å². The van der Waals surface area contributed by atoms with Gasteiger partial charge in [0.05, 0.1) is 0 Å². The smallest absolute Gasteiger partial charge is 0.177 e. The van der Waals surface area contributed by atoms with E-state index < -0.39 is 5.41 Å². The summed E-state index contributed by atoms with van der Waals surface area (Å²) in [5.74, 6) is -0.509. The van der Waals surface area contributed by atoms with Gasteiger partial charge in [0, 0.05) is 11.1 Å². The average molecular weight is 408 g/mol. The fraction of sp³-hybridized carbons (Fsp3) is 0.107. The van der Waals surface area contributed by atoms with Crippen molar-refractivity contribution in [2.75, 3.05) is 0 Å². The van der Waals surface area contributed by atoms with Crippen molar-refractivity contribution in [3.63, 3.8) is 0 Å². The van der Waals surface area contributed by atoms with Gasteiger partial charge >= 0.3 is 0 Å². The zero-order valence-corrected chi connectivity index (χ0v) is 17.2. The molecule has 0 bridgehead atoms. The highest BCUT2D eigenvalue weighted by molar-refractivity contribution is 6.20. The maximum absolute atomic E-state index is 13.7. The van der Waals surface area contributed by atoms with Gasteiger partial charge in [-0.2, -0.15) is 0 Å². The summed E-state index contributed by atoms with van der Waals surface area (Å²) in [5, 5.41) is 0. The van der Waals surface area contributed by atoms with E-state index >= 15 is 0 Å². The van der Waals surface area contributed by atoms with Gasteiger partial charge in [0.1, 0.15) is 11.7 Å². The topological polar surface area (TPSA) is 51.2 Å². The monoisotopic (exact) mass is 408 g/mol. The largest absolute Gasteiger partial charge is 0.299 e. The molecule has 0 unspecified atom stereocenters. The van der Waals surface area contributed by atoms with Crippen molar-refractivity contribution >= 4 is 23.9 Å². The first-order chi connectivity index (χ1) is 15.2. The van der Waals surface area contributed by atoms with Crippen molar-refractivity contribution in [1.82, 2.24) is 0 Å². The van der Waals surface area contributed by atoms with Gasteiger partial charge in [-0.1, -0.05) is 109 Å². The summed E-state index contributed by atoms with van der Waals surface area (Å²) in [6.07, 6.45) is 7.72. The maximum Gasteiger partial charge on any atom is 0.177 e. The Bertz CT molecular complexity index is 1010. The van der Waals surface area contributed by atoms with Crippen LogP contribution >= 0.6 is 0 Å². The molecule has 0 radical (unpaired) electrons. The molecule has 3 nitrogen and oxygen atoms in total. The molecule has 0 spiro atoms. The maximum atomic E-state index is 13.7. The Morgan fingerprint density at radius 1 is 0.645 bits per heavy atom. The summed E-state index contributed by atoms with van der Waals surface area (Å²) in [4.78, 5) is 38.4. The van der Waals surface area contributed by atoms with Crippen LogP contribution < -0.4 is 0 Å². The lowest BCUT2D eigenvalue weighted by atomic mass is 9.69. The van der Waals surface area contributed by atoms with Crippen LogP contribution in [0.2, 0.25) is 0 Å². The molecule has 0 saturated heterocycles. The van der Waals surface area contributed by atoms with Crippen molar-refractivity contribution < 1.29 is 14.4 Å². The standard InChI is InChI=1S/C28H24O3/c29-22-11-10-20-28(26(30)24-16-6-2-7-17-24,27(31)25-18-8-3-9-19-25)21-12-15-23-13-4-1-5-14-23/h1-19,22H,20-21H2/b11-10+,15-12+. The van der Waals surface area contributed by atoms with E-state index in [-0.39, 0.29) is 24.4 Å². The normalized spacial score (nSPS) is 11.6. The molecule has 3 aromatic carbocycles. The number of hydrogen-bond acceptors (Lipinski definition) is 3. The second kappa shape index (κ2) is 10.8. The molecule has 0 aliphatic carbocycles. The minimum Gasteiger partial charge on any atom is -0.299 e. The molecule has 3 heteroatoms. The van der Waals surface area contributed by atoms with Gasteiger partial charge in [-0.05, 0) is 24.5 Å². The molecule has 0 N–H and O–H groups in total. The Kier molecular flexibility index (Phi) is 7.61. The van der Waals surface area contributed by atoms with E-state index in [0.717, 1.165) is 5.56 Å². The van der Waals surface area contributed by atoms with Crippen LogP contribution in [0.5, 0.6) is 0 Å². The molecule has 0 aromatic heterocycles. The van der Waals surface area contributed by atoms with Gasteiger partial charge in [0.15, 0.2) is 11.6 Å². The van der Waals surface area contributed by atoms with Crippen molar-refractivity contribution in [3.05, 3.63) is 126 Å². The molecule has 0 amide bonds.